The number of azo groups is 1. The van der Waals surface area contributed by atoms with Crippen molar-refractivity contribution >= 4 is 6.34 Å². The van der Waals surface area contributed by atoms with Crippen molar-refractivity contribution in [3.8, 4) is 5.75 Å². The average molecular weight is 316 g/mol. The molecule has 1 unspecified atom stereocenters. The Labute approximate surface area is 134 Å². The van der Waals surface area contributed by atoms with Crippen LogP contribution in [0.15, 0.2) is 62.9 Å². The van der Waals surface area contributed by atoms with Gasteiger partial charge in [-0.2, -0.15) is 5.11 Å². The molecule has 8 heteroatoms. The third-order valence-electron chi connectivity index (χ3n) is 3.22. The van der Waals surface area contributed by atoms with Crippen LogP contribution in [0.25, 0.3) is 0 Å². The van der Waals surface area contributed by atoms with Crippen molar-refractivity contribution in [3.05, 3.63) is 47.9 Å². The highest BCUT2D eigenvalue weighted by molar-refractivity contribution is 5.53. The minimum Gasteiger partial charge on any atom is -0.497 e. The third kappa shape index (κ3) is 4.53. The summed E-state index contributed by atoms with van der Waals surface area (Å²) in [7, 11) is 6.99. The van der Waals surface area contributed by atoms with Gasteiger partial charge in [0.1, 0.15) is 11.5 Å². The van der Waals surface area contributed by atoms with E-state index in [4.69, 9.17) is 9.47 Å². The van der Waals surface area contributed by atoms with E-state index in [1.165, 1.54) is 6.34 Å². The summed E-state index contributed by atoms with van der Waals surface area (Å²) in [6.07, 6.45) is 8.50. The second-order valence-corrected chi connectivity index (χ2v) is 4.77. The number of rotatable bonds is 5. The number of hydrogen-bond donors (Lipinski definition) is 0. The van der Waals surface area contributed by atoms with E-state index in [0.717, 1.165) is 5.76 Å². The Bertz CT molecular complexity index is 717. The van der Waals surface area contributed by atoms with E-state index >= 15 is 0 Å². The van der Waals surface area contributed by atoms with Gasteiger partial charge in [-0.3, -0.25) is 0 Å². The first-order valence-electron chi connectivity index (χ1n) is 6.96. The lowest BCUT2D eigenvalue weighted by molar-refractivity contribution is 0.283. The van der Waals surface area contributed by atoms with Crippen molar-refractivity contribution in [2.24, 2.45) is 27.5 Å². The fourth-order valence-electron chi connectivity index (χ4n) is 1.82. The molecule has 0 radical (unpaired) electrons. The zero-order valence-corrected chi connectivity index (χ0v) is 13.6. The van der Waals surface area contributed by atoms with Crippen molar-refractivity contribution in [2.45, 2.75) is 6.17 Å². The van der Waals surface area contributed by atoms with Crippen molar-refractivity contribution in [2.75, 3.05) is 21.3 Å². The van der Waals surface area contributed by atoms with E-state index in [9.17, 15) is 0 Å². The van der Waals surface area contributed by atoms with Gasteiger partial charge in [0.05, 0.1) is 14.2 Å². The number of likely N-dealkylation sites (N-methyl/N-ethyl adjacent to an activating group) is 1. The van der Waals surface area contributed by atoms with Crippen molar-refractivity contribution in [3.63, 3.8) is 0 Å². The molecule has 0 bridgehead atoms. The van der Waals surface area contributed by atoms with Gasteiger partial charge < -0.3 is 18.9 Å². The monoisotopic (exact) mass is 316 g/mol. The normalized spacial score (nSPS) is 18.8. The van der Waals surface area contributed by atoms with E-state index in [2.05, 4.69) is 20.4 Å². The van der Waals surface area contributed by atoms with Gasteiger partial charge in [-0.25, -0.2) is 0 Å². The standard InChI is InChI=1S/C15H20N6O2/c1-20-7-5-12(22-3)9-14(20)18-16-11-17-19-15-10-13(23-4)6-8-21(15)2/h5-11,14H,1-4H3/b17-11+,18-16+,19-15+. The molecule has 2 rings (SSSR count). The van der Waals surface area contributed by atoms with E-state index in [1.54, 1.807) is 20.3 Å². The number of hydrogen-bond acceptors (Lipinski definition) is 6. The zero-order chi connectivity index (χ0) is 16.7. The second-order valence-electron chi connectivity index (χ2n) is 4.77. The molecule has 23 heavy (non-hydrogen) atoms. The number of nitrogens with zero attached hydrogens (tertiary/aromatic N) is 6. The summed E-state index contributed by atoms with van der Waals surface area (Å²) in [5, 5.41) is 16.1. The van der Waals surface area contributed by atoms with Crippen LogP contribution < -0.4 is 10.2 Å². The highest BCUT2D eigenvalue weighted by Crippen LogP contribution is 2.13. The number of pyridine rings is 1. The zero-order valence-electron chi connectivity index (χ0n) is 13.6. The molecule has 0 amide bonds. The summed E-state index contributed by atoms with van der Waals surface area (Å²) in [6, 6.07) is 3.62. The van der Waals surface area contributed by atoms with Gasteiger partial charge in [0.25, 0.3) is 0 Å². The molecule has 1 aromatic heterocycles. The SMILES string of the molecule is COC1=CC(/N=N/C=N/N=c2\cc(OC)ccn2C)N(C)C=C1. The Kier molecular flexibility index (Phi) is 5.67. The van der Waals surface area contributed by atoms with Crippen molar-refractivity contribution < 1.29 is 9.47 Å². The van der Waals surface area contributed by atoms with E-state index in [1.807, 2.05) is 54.2 Å². The fourth-order valence-corrected chi connectivity index (χ4v) is 1.82. The Morgan fingerprint density at radius 3 is 2.78 bits per heavy atom. The molecule has 122 valence electrons. The number of aromatic nitrogens is 1. The van der Waals surface area contributed by atoms with Gasteiger partial charge >= 0.3 is 0 Å². The van der Waals surface area contributed by atoms with E-state index < -0.39 is 0 Å². The number of aryl methyl sites for hydroxylation is 1. The maximum atomic E-state index is 5.17. The Morgan fingerprint density at radius 1 is 1.22 bits per heavy atom. The molecule has 0 saturated carbocycles. The number of ether oxygens (including phenoxy) is 2. The highest BCUT2D eigenvalue weighted by atomic mass is 16.5. The molecule has 1 atom stereocenters. The average Bonchev–Trinajstić information content (AvgIpc) is 2.57. The van der Waals surface area contributed by atoms with Crippen molar-refractivity contribution in [1.82, 2.24) is 9.47 Å². The number of allylic oxidation sites excluding steroid dienone is 1. The summed E-state index contributed by atoms with van der Waals surface area (Å²) in [4.78, 5) is 1.90. The molecule has 2 heterocycles. The maximum absolute atomic E-state index is 5.17. The molecule has 1 aliphatic heterocycles. The number of methoxy groups -OCH3 is 2. The lowest BCUT2D eigenvalue weighted by Crippen LogP contribution is -2.25. The molecule has 0 fully saturated rings. The molecular weight excluding hydrogens is 296 g/mol. The molecule has 0 saturated heterocycles. The lowest BCUT2D eigenvalue weighted by atomic mass is 10.3. The van der Waals surface area contributed by atoms with Crippen LogP contribution in [0.2, 0.25) is 0 Å². The molecule has 0 spiro atoms. The van der Waals surface area contributed by atoms with Gasteiger partial charge in [0, 0.05) is 38.6 Å². The summed E-state index contributed by atoms with van der Waals surface area (Å²) in [5.74, 6) is 1.46. The maximum Gasteiger partial charge on any atom is 0.164 e. The second kappa shape index (κ2) is 7.92. The first-order valence-corrected chi connectivity index (χ1v) is 6.96. The van der Waals surface area contributed by atoms with Crippen LogP contribution in [0.3, 0.4) is 0 Å². The van der Waals surface area contributed by atoms with Crippen LogP contribution in [0, 0.1) is 0 Å². The molecule has 1 aliphatic rings. The largest absolute Gasteiger partial charge is 0.497 e. The summed E-state index contributed by atoms with van der Waals surface area (Å²) in [6.45, 7) is 0. The molecule has 0 N–H and O–H groups in total. The quantitative estimate of drug-likeness (QED) is 0.359. The summed E-state index contributed by atoms with van der Waals surface area (Å²) in [5.41, 5.74) is 0.648. The predicted octanol–water partition coefficient (Wildman–Crippen LogP) is 1.65. The predicted molar refractivity (Wildman–Crippen MR) is 86.7 cm³/mol. The van der Waals surface area contributed by atoms with E-state index in [-0.39, 0.29) is 6.17 Å². The third-order valence-corrected chi connectivity index (χ3v) is 3.22. The minimum absolute atomic E-state index is 0.227. The van der Waals surface area contributed by atoms with Crippen LogP contribution in [0.5, 0.6) is 5.75 Å². The molecule has 8 nitrogen and oxygen atoms in total. The van der Waals surface area contributed by atoms with Gasteiger partial charge in [-0.15, -0.1) is 15.3 Å². The molecular formula is C15H20N6O2. The van der Waals surface area contributed by atoms with E-state index in [0.29, 0.717) is 11.2 Å². The van der Waals surface area contributed by atoms with Crippen LogP contribution in [-0.4, -0.2) is 43.2 Å². The van der Waals surface area contributed by atoms with Gasteiger partial charge in [0.15, 0.2) is 18.0 Å². The molecule has 1 aromatic rings. The highest BCUT2D eigenvalue weighted by Gasteiger charge is 2.12. The van der Waals surface area contributed by atoms with Crippen LogP contribution in [-0.2, 0) is 11.8 Å². The first kappa shape index (κ1) is 16.5. The minimum atomic E-state index is -0.227. The van der Waals surface area contributed by atoms with Gasteiger partial charge in [-0.05, 0) is 12.1 Å². The van der Waals surface area contributed by atoms with Crippen molar-refractivity contribution in [1.29, 1.82) is 0 Å². The Balaban J connectivity index is 2.06. The summed E-state index contributed by atoms with van der Waals surface area (Å²) < 4.78 is 12.1. The summed E-state index contributed by atoms with van der Waals surface area (Å²) >= 11 is 0. The lowest BCUT2D eigenvalue weighted by Gasteiger charge is -2.22. The first-order chi connectivity index (χ1) is 11.1. The van der Waals surface area contributed by atoms with Crippen LogP contribution >= 0.6 is 0 Å². The van der Waals surface area contributed by atoms with Crippen LogP contribution in [0.1, 0.15) is 0 Å². The van der Waals surface area contributed by atoms with Gasteiger partial charge in [-0.1, -0.05) is 0 Å². The topological polar surface area (TPSA) is 76.1 Å². The molecule has 0 aliphatic carbocycles. The van der Waals surface area contributed by atoms with Crippen LogP contribution in [0.4, 0.5) is 0 Å². The fraction of sp³-hybridized carbons (Fsp3) is 0.333. The van der Waals surface area contributed by atoms with Gasteiger partial charge in [0.2, 0.25) is 0 Å². The Morgan fingerprint density at radius 2 is 2.04 bits per heavy atom. The smallest absolute Gasteiger partial charge is 0.164 e. The molecule has 0 aromatic carbocycles. The Hall–Kier alpha value is -2.90.